The van der Waals surface area contributed by atoms with Gasteiger partial charge in [0.2, 0.25) is 5.91 Å². The van der Waals surface area contributed by atoms with Crippen LogP contribution in [0.1, 0.15) is 18.9 Å². The van der Waals surface area contributed by atoms with Crippen LogP contribution in [0.3, 0.4) is 0 Å². The number of anilines is 1. The van der Waals surface area contributed by atoms with E-state index in [0.717, 1.165) is 29.4 Å². The summed E-state index contributed by atoms with van der Waals surface area (Å²) < 4.78 is 7.37. The monoisotopic (exact) mass is 415 g/mol. The van der Waals surface area contributed by atoms with E-state index in [1.807, 2.05) is 12.1 Å². The summed E-state index contributed by atoms with van der Waals surface area (Å²) in [5.41, 5.74) is 1.46. The van der Waals surface area contributed by atoms with Crippen LogP contribution in [0.5, 0.6) is 5.75 Å². The van der Waals surface area contributed by atoms with Gasteiger partial charge in [-0.05, 0) is 43.2 Å². The summed E-state index contributed by atoms with van der Waals surface area (Å²) in [5.74, 6) is 1.38. The first-order valence-electron chi connectivity index (χ1n) is 8.77. The minimum absolute atomic E-state index is 0.168. The molecule has 0 atom stereocenters. The summed E-state index contributed by atoms with van der Waals surface area (Å²) in [6.45, 7) is 0. The first-order valence-corrected chi connectivity index (χ1v) is 10.1. The van der Waals surface area contributed by atoms with Crippen molar-refractivity contribution in [3.63, 3.8) is 0 Å². The molecular formula is C19H18ClN5O2S. The number of halogens is 1. The molecule has 1 aliphatic carbocycles. The standard InChI is InChI=1S/C19H18ClN5O2S/c1-27-16-7-4-13(20)9-15(16)22-17(26)11-28-19-24-23-18(25(19)14-5-6-14)12-3-2-8-21-10-12/h2-4,7-10,14H,5-6,11H2,1H3,(H,22,26). The van der Waals surface area contributed by atoms with E-state index in [1.165, 1.54) is 11.8 Å². The van der Waals surface area contributed by atoms with Gasteiger partial charge in [-0.25, -0.2) is 0 Å². The molecular weight excluding hydrogens is 398 g/mol. The van der Waals surface area contributed by atoms with Crippen LogP contribution in [0, 0.1) is 0 Å². The number of benzene rings is 1. The number of methoxy groups -OCH3 is 1. The van der Waals surface area contributed by atoms with E-state index in [0.29, 0.717) is 22.5 Å². The van der Waals surface area contributed by atoms with E-state index < -0.39 is 0 Å². The highest BCUT2D eigenvalue weighted by atomic mass is 35.5. The Morgan fingerprint density at radius 3 is 2.93 bits per heavy atom. The lowest BCUT2D eigenvalue weighted by atomic mass is 10.3. The first-order chi connectivity index (χ1) is 13.7. The van der Waals surface area contributed by atoms with Gasteiger partial charge in [0.25, 0.3) is 0 Å². The molecule has 0 spiro atoms. The Morgan fingerprint density at radius 2 is 2.21 bits per heavy atom. The molecule has 0 aliphatic heterocycles. The molecule has 0 radical (unpaired) electrons. The number of carbonyl (C=O) groups excluding carboxylic acids is 1. The van der Waals surface area contributed by atoms with E-state index in [4.69, 9.17) is 16.3 Å². The van der Waals surface area contributed by atoms with Crippen molar-refractivity contribution >= 4 is 35.0 Å². The van der Waals surface area contributed by atoms with E-state index in [2.05, 4.69) is 25.1 Å². The molecule has 1 fully saturated rings. The Kier molecular flexibility index (Phi) is 5.50. The molecule has 0 bridgehead atoms. The minimum atomic E-state index is -0.168. The third-order valence-electron chi connectivity index (χ3n) is 4.26. The second kappa shape index (κ2) is 8.20. The summed E-state index contributed by atoms with van der Waals surface area (Å²) >= 11 is 7.37. The van der Waals surface area contributed by atoms with Crippen molar-refractivity contribution in [3.05, 3.63) is 47.7 Å². The predicted molar refractivity (Wildman–Crippen MR) is 109 cm³/mol. The van der Waals surface area contributed by atoms with Crippen LogP contribution in [0.2, 0.25) is 5.02 Å². The van der Waals surface area contributed by atoms with Crippen LogP contribution in [-0.4, -0.2) is 38.5 Å². The molecule has 1 N–H and O–H groups in total. The second-order valence-corrected chi connectivity index (χ2v) is 7.71. The number of thioether (sulfide) groups is 1. The highest BCUT2D eigenvalue weighted by molar-refractivity contribution is 7.99. The molecule has 2 aromatic heterocycles. The molecule has 4 rings (SSSR count). The normalized spacial score (nSPS) is 13.4. The largest absolute Gasteiger partial charge is 0.495 e. The number of aromatic nitrogens is 4. The maximum absolute atomic E-state index is 12.4. The molecule has 1 aromatic carbocycles. The highest BCUT2D eigenvalue weighted by Crippen LogP contribution is 2.41. The number of pyridine rings is 1. The van der Waals surface area contributed by atoms with E-state index in [-0.39, 0.29) is 11.7 Å². The number of amides is 1. The summed E-state index contributed by atoms with van der Waals surface area (Å²) in [6, 6.07) is 9.31. The van der Waals surface area contributed by atoms with Crippen molar-refractivity contribution < 1.29 is 9.53 Å². The number of ether oxygens (including phenoxy) is 1. The first kappa shape index (κ1) is 18.8. The number of nitrogens with one attached hydrogen (secondary N) is 1. The molecule has 144 valence electrons. The quantitative estimate of drug-likeness (QED) is 0.586. The summed E-state index contributed by atoms with van der Waals surface area (Å²) in [6.07, 6.45) is 5.68. The third kappa shape index (κ3) is 4.13. The van der Waals surface area contributed by atoms with Crippen LogP contribution < -0.4 is 10.1 Å². The van der Waals surface area contributed by atoms with Crippen molar-refractivity contribution in [1.29, 1.82) is 0 Å². The predicted octanol–water partition coefficient (Wildman–Crippen LogP) is 4.07. The smallest absolute Gasteiger partial charge is 0.234 e. The summed E-state index contributed by atoms with van der Waals surface area (Å²) in [5, 5.41) is 12.7. The molecule has 2 heterocycles. The molecule has 1 amide bonds. The average molecular weight is 416 g/mol. The van der Waals surface area contributed by atoms with Gasteiger partial charge in [-0.15, -0.1) is 10.2 Å². The zero-order chi connectivity index (χ0) is 19.5. The number of rotatable bonds is 7. The maximum atomic E-state index is 12.4. The average Bonchev–Trinajstić information content (AvgIpc) is 3.46. The Hall–Kier alpha value is -2.58. The van der Waals surface area contributed by atoms with Gasteiger partial charge in [0, 0.05) is 29.0 Å². The van der Waals surface area contributed by atoms with Crippen LogP contribution in [0.25, 0.3) is 11.4 Å². The van der Waals surface area contributed by atoms with Gasteiger partial charge in [-0.1, -0.05) is 23.4 Å². The SMILES string of the molecule is COc1ccc(Cl)cc1NC(=O)CSc1nnc(-c2cccnc2)n1C1CC1. The lowest BCUT2D eigenvalue weighted by Gasteiger charge is -2.11. The summed E-state index contributed by atoms with van der Waals surface area (Å²) in [7, 11) is 1.55. The number of nitrogens with zero attached hydrogens (tertiary/aromatic N) is 4. The van der Waals surface area contributed by atoms with Crippen molar-refractivity contribution in [2.24, 2.45) is 0 Å². The Morgan fingerprint density at radius 1 is 1.36 bits per heavy atom. The van der Waals surface area contributed by atoms with Gasteiger partial charge in [-0.2, -0.15) is 0 Å². The molecule has 7 nitrogen and oxygen atoms in total. The lowest BCUT2D eigenvalue weighted by Crippen LogP contribution is -2.15. The Bertz CT molecular complexity index is 991. The van der Waals surface area contributed by atoms with Crippen molar-refractivity contribution in [3.8, 4) is 17.1 Å². The fourth-order valence-corrected chi connectivity index (χ4v) is 3.80. The van der Waals surface area contributed by atoms with Gasteiger partial charge >= 0.3 is 0 Å². The number of hydrogen-bond donors (Lipinski definition) is 1. The van der Waals surface area contributed by atoms with Crippen LogP contribution in [0.4, 0.5) is 5.69 Å². The second-order valence-electron chi connectivity index (χ2n) is 6.33. The van der Waals surface area contributed by atoms with Crippen molar-refractivity contribution in [1.82, 2.24) is 19.7 Å². The third-order valence-corrected chi connectivity index (χ3v) is 5.44. The fraction of sp³-hybridized carbons (Fsp3) is 0.263. The molecule has 28 heavy (non-hydrogen) atoms. The van der Waals surface area contributed by atoms with E-state index in [1.54, 1.807) is 37.7 Å². The molecule has 1 saturated carbocycles. The number of hydrogen-bond acceptors (Lipinski definition) is 6. The van der Waals surface area contributed by atoms with Gasteiger partial charge in [-0.3, -0.25) is 14.3 Å². The molecule has 0 saturated heterocycles. The lowest BCUT2D eigenvalue weighted by molar-refractivity contribution is -0.113. The molecule has 3 aromatic rings. The molecule has 0 unspecified atom stereocenters. The number of carbonyl (C=O) groups is 1. The van der Waals surface area contributed by atoms with Crippen LogP contribution in [0.15, 0.2) is 47.9 Å². The van der Waals surface area contributed by atoms with Gasteiger partial charge in [0.05, 0.1) is 18.6 Å². The maximum Gasteiger partial charge on any atom is 0.234 e. The molecule has 9 heteroatoms. The van der Waals surface area contributed by atoms with Gasteiger partial charge < -0.3 is 10.1 Å². The van der Waals surface area contributed by atoms with Gasteiger partial charge in [0.15, 0.2) is 11.0 Å². The van der Waals surface area contributed by atoms with Crippen molar-refractivity contribution in [2.45, 2.75) is 24.0 Å². The Labute approximate surface area is 171 Å². The van der Waals surface area contributed by atoms with Crippen LogP contribution >= 0.6 is 23.4 Å². The highest BCUT2D eigenvalue weighted by Gasteiger charge is 2.30. The zero-order valence-corrected chi connectivity index (χ0v) is 16.7. The van der Waals surface area contributed by atoms with Crippen LogP contribution in [-0.2, 0) is 4.79 Å². The Balaban J connectivity index is 1.48. The van der Waals surface area contributed by atoms with Crippen molar-refractivity contribution in [2.75, 3.05) is 18.2 Å². The zero-order valence-electron chi connectivity index (χ0n) is 15.1. The summed E-state index contributed by atoms with van der Waals surface area (Å²) in [4.78, 5) is 16.6. The van der Waals surface area contributed by atoms with Gasteiger partial charge in [0.1, 0.15) is 5.75 Å². The van der Waals surface area contributed by atoms with E-state index >= 15 is 0 Å². The van der Waals surface area contributed by atoms with E-state index in [9.17, 15) is 4.79 Å². The minimum Gasteiger partial charge on any atom is -0.495 e. The molecule has 1 aliphatic rings. The fourth-order valence-electron chi connectivity index (χ4n) is 2.82. The topological polar surface area (TPSA) is 81.9 Å².